The number of pyridine rings is 1. The summed E-state index contributed by atoms with van der Waals surface area (Å²) in [5.41, 5.74) is 7.83. The molecular formula is C29H31N5O2. The third-order valence-corrected chi connectivity index (χ3v) is 7.76. The molecule has 3 aliphatic rings. The molecule has 2 N–H and O–H groups in total. The second-order valence-corrected chi connectivity index (χ2v) is 10.1. The SMILES string of the molecule is CN1CCN(c2ccc3c(c2)COc2c-3cnc3[nH]cc(-c4ccc(O[C@H]5CCNC5)cc4)c23)CC1. The van der Waals surface area contributed by atoms with Gasteiger partial charge in [0.05, 0.1) is 5.39 Å². The van der Waals surface area contributed by atoms with Crippen molar-refractivity contribution in [1.82, 2.24) is 20.2 Å². The molecule has 7 nitrogen and oxygen atoms in total. The number of nitrogens with one attached hydrogen (secondary N) is 2. The molecule has 2 aromatic heterocycles. The Balaban J connectivity index is 1.21. The summed E-state index contributed by atoms with van der Waals surface area (Å²) in [5, 5.41) is 4.39. The highest BCUT2D eigenvalue weighted by atomic mass is 16.5. The Kier molecular flexibility index (Phi) is 5.33. The summed E-state index contributed by atoms with van der Waals surface area (Å²) in [6, 6.07) is 15.2. The van der Waals surface area contributed by atoms with E-state index in [9.17, 15) is 0 Å². The molecule has 5 heterocycles. The smallest absolute Gasteiger partial charge is 0.141 e. The van der Waals surface area contributed by atoms with Crippen LogP contribution in [0.5, 0.6) is 11.5 Å². The lowest BCUT2D eigenvalue weighted by atomic mass is 9.95. The summed E-state index contributed by atoms with van der Waals surface area (Å²) in [6.45, 7) is 6.81. The lowest BCUT2D eigenvalue weighted by molar-refractivity contribution is 0.223. The summed E-state index contributed by atoms with van der Waals surface area (Å²) in [4.78, 5) is 13.0. The van der Waals surface area contributed by atoms with Crippen molar-refractivity contribution in [3.63, 3.8) is 0 Å². The second-order valence-electron chi connectivity index (χ2n) is 10.1. The molecule has 0 bridgehead atoms. The third kappa shape index (κ3) is 3.79. The van der Waals surface area contributed by atoms with Crippen LogP contribution in [-0.2, 0) is 6.61 Å². The predicted octanol–water partition coefficient (Wildman–Crippen LogP) is 4.28. The van der Waals surface area contributed by atoms with Crippen LogP contribution in [0.1, 0.15) is 12.0 Å². The van der Waals surface area contributed by atoms with E-state index in [0.717, 1.165) is 84.9 Å². The molecule has 36 heavy (non-hydrogen) atoms. The molecule has 2 saturated heterocycles. The van der Waals surface area contributed by atoms with Gasteiger partial charge in [-0.05, 0) is 61.0 Å². The van der Waals surface area contributed by atoms with E-state index in [1.54, 1.807) is 0 Å². The number of nitrogens with zero attached hydrogens (tertiary/aromatic N) is 3. The summed E-state index contributed by atoms with van der Waals surface area (Å²) < 4.78 is 12.5. The predicted molar refractivity (Wildman–Crippen MR) is 143 cm³/mol. The van der Waals surface area contributed by atoms with E-state index < -0.39 is 0 Å². The van der Waals surface area contributed by atoms with Gasteiger partial charge in [0.25, 0.3) is 0 Å². The zero-order valence-corrected chi connectivity index (χ0v) is 20.6. The molecule has 4 aromatic rings. The van der Waals surface area contributed by atoms with Gasteiger partial charge in [0.15, 0.2) is 0 Å². The second kappa shape index (κ2) is 8.84. The molecule has 0 radical (unpaired) electrons. The summed E-state index contributed by atoms with van der Waals surface area (Å²) >= 11 is 0. The molecule has 0 aliphatic carbocycles. The minimum Gasteiger partial charge on any atom is -0.489 e. The van der Waals surface area contributed by atoms with E-state index in [-0.39, 0.29) is 6.10 Å². The Hall–Kier alpha value is -3.55. The maximum absolute atomic E-state index is 6.44. The molecule has 184 valence electrons. The van der Waals surface area contributed by atoms with Crippen molar-refractivity contribution in [2.45, 2.75) is 19.1 Å². The van der Waals surface area contributed by atoms with E-state index >= 15 is 0 Å². The van der Waals surface area contributed by atoms with Crippen LogP contribution in [0.25, 0.3) is 33.3 Å². The number of benzene rings is 2. The van der Waals surface area contributed by atoms with Crippen molar-refractivity contribution in [2.75, 3.05) is 51.2 Å². The van der Waals surface area contributed by atoms with Gasteiger partial charge in [0.2, 0.25) is 0 Å². The minimum absolute atomic E-state index is 0.255. The normalized spacial score (nSPS) is 19.7. The molecule has 3 aliphatic heterocycles. The number of aromatic amines is 1. The third-order valence-electron chi connectivity index (χ3n) is 7.76. The Labute approximate surface area is 211 Å². The van der Waals surface area contributed by atoms with E-state index in [1.807, 2.05) is 12.4 Å². The van der Waals surface area contributed by atoms with Crippen LogP contribution in [0.2, 0.25) is 0 Å². The molecule has 2 fully saturated rings. The number of piperazine rings is 1. The number of hydrogen-bond donors (Lipinski definition) is 2. The Bertz CT molecular complexity index is 1400. The van der Waals surface area contributed by atoms with Crippen LogP contribution < -0.4 is 19.7 Å². The largest absolute Gasteiger partial charge is 0.489 e. The van der Waals surface area contributed by atoms with Crippen LogP contribution in [0.4, 0.5) is 5.69 Å². The minimum atomic E-state index is 0.255. The van der Waals surface area contributed by atoms with Gasteiger partial charge in [0.1, 0.15) is 29.9 Å². The zero-order chi connectivity index (χ0) is 24.1. The number of ether oxygens (including phenoxy) is 2. The number of fused-ring (bicyclic) bond motifs is 5. The van der Waals surface area contributed by atoms with Gasteiger partial charge in [0, 0.05) is 61.9 Å². The van der Waals surface area contributed by atoms with Crippen LogP contribution in [-0.4, -0.2) is 67.3 Å². The average molecular weight is 482 g/mol. The van der Waals surface area contributed by atoms with Crippen LogP contribution >= 0.6 is 0 Å². The van der Waals surface area contributed by atoms with Gasteiger partial charge < -0.3 is 29.6 Å². The molecule has 0 saturated carbocycles. The molecule has 7 rings (SSSR count). The van der Waals surface area contributed by atoms with E-state index in [2.05, 4.69) is 69.6 Å². The van der Waals surface area contributed by atoms with Gasteiger partial charge in [-0.2, -0.15) is 0 Å². The van der Waals surface area contributed by atoms with Crippen LogP contribution in [0.15, 0.2) is 54.9 Å². The van der Waals surface area contributed by atoms with Crippen molar-refractivity contribution in [2.24, 2.45) is 0 Å². The standard InChI is InChI=1S/C29H31N5O2/c1-33-10-12-34(13-11-33)21-4-7-24-20(14-21)18-35-28-26(24)17-32-29-27(28)25(16-31-29)19-2-5-22(6-3-19)36-23-8-9-30-15-23/h2-7,14,16-17,23,30H,8-13,15,18H2,1H3,(H,31,32)/t23-/m0/s1. The lowest BCUT2D eigenvalue weighted by Gasteiger charge is -2.34. The van der Waals surface area contributed by atoms with Crippen molar-refractivity contribution >= 4 is 16.7 Å². The number of hydrogen-bond acceptors (Lipinski definition) is 6. The molecule has 0 unspecified atom stereocenters. The van der Waals surface area contributed by atoms with Gasteiger partial charge in [-0.15, -0.1) is 0 Å². The first kappa shape index (κ1) is 21.7. The van der Waals surface area contributed by atoms with E-state index in [0.29, 0.717) is 6.61 Å². The Morgan fingerprint density at radius 2 is 1.86 bits per heavy atom. The first-order valence-electron chi connectivity index (χ1n) is 12.9. The maximum atomic E-state index is 6.44. The Morgan fingerprint density at radius 1 is 1.00 bits per heavy atom. The molecule has 0 spiro atoms. The van der Waals surface area contributed by atoms with Crippen LogP contribution in [0, 0.1) is 0 Å². The monoisotopic (exact) mass is 481 g/mol. The topological polar surface area (TPSA) is 65.7 Å². The number of aromatic nitrogens is 2. The average Bonchev–Trinajstić information content (AvgIpc) is 3.59. The molecular weight excluding hydrogens is 450 g/mol. The highest BCUT2D eigenvalue weighted by molar-refractivity contribution is 6.02. The Morgan fingerprint density at radius 3 is 2.67 bits per heavy atom. The van der Waals surface area contributed by atoms with Gasteiger partial charge in [-0.3, -0.25) is 0 Å². The van der Waals surface area contributed by atoms with Gasteiger partial charge >= 0.3 is 0 Å². The number of anilines is 1. The number of H-pyrrole nitrogens is 1. The van der Waals surface area contributed by atoms with Crippen molar-refractivity contribution in [1.29, 1.82) is 0 Å². The number of likely N-dealkylation sites (N-methyl/N-ethyl adjacent to an activating group) is 1. The summed E-state index contributed by atoms with van der Waals surface area (Å²) in [5.74, 6) is 1.82. The molecule has 7 heteroatoms. The number of rotatable bonds is 4. The van der Waals surface area contributed by atoms with E-state index in [1.165, 1.54) is 16.8 Å². The first-order chi connectivity index (χ1) is 17.7. The van der Waals surface area contributed by atoms with E-state index in [4.69, 9.17) is 14.5 Å². The molecule has 0 amide bonds. The molecule has 1 atom stereocenters. The quantitative estimate of drug-likeness (QED) is 0.454. The first-order valence-corrected chi connectivity index (χ1v) is 12.9. The lowest BCUT2D eigenvalue weighted by Crippen LogP contribution is -2.44. The maximum Gasteiger partial charge on any atom is 0.141 e. The fourth-order valence-electron chi connectivity index (χ4n) is 5.64. The fraction of sp³-hybridized carbons (Fsp3) is 0.345. The highest BCUT2D eigenvalue weighted by Crippen LogP contribution is 2.45. The zero-order valence-electron chi connectivity index (χ0n) is 20.6. The van der Waals surface area contributed by atoms with Crippen LogP contribution in [0.3, 0.4) is 0 Å². The van der Waals surface area contributed by atoms with Gasteiger partial charge in [-0.25, -0.2) is 4.98 Å². The summed E-state index contributed by atoms with van der Waals surface area (Å²) in [7, 11) is 2.19. The summed E-state index contributed by atoms with van der Waals surface area (Å²) in [6.07, 6.45) is 5.28. The van der Waals surface area contributed by atoms with Crippen molar-refractivity contribution in [3.05, 3.63) is 60.4 Å². The van der Waals surface area contributed by atoms with Crippen molar-refractivity contribution in [3.8, 4) is 33.8 Å². The fourth-order valence-corrected chi connectivity index (χ4v) is 5.64. The van der Waals surface area contributed by atoms with Gasteiger partial charge in [-0.1, -0.05) is 18.2 Å². The van der Waals surface area contributed by atoms with Crippen molar-refractivity contribution < 1.29 is 9.47 Å². The molecule has 2 aromatic carbocycles. The highest BCUT2D eigenvalue weighted by Gasteiger charge is 2.25.